The molecule has 0 bridgehead atoms. The van der Waals surface area contributed by atoms with Crippen molar-refractivity contribution in [3.63, 3.8) is 0 Å². The number of amides is 1. The number of hydrogen-bond acceptors (Lipinski definition) is 4. The summed E-state index contributed by atoms with van der Waals surface area (Å²) in [6.07, 6.45) is 0.370. The van der Waals surface area contributed by atoms with Crippen LogP contribution >= 0.6 is 0 Å². The van der Waals surface area contributed by atoms with Gasteiger partial charge >= 0.3 is 12.1 Å². The summed E-state index contributed by atoms with van der Waals surface area (Å²) in [5.74, 6) is -0.730. The van der Waals surface area contributed by atoms with Gasteiger partial charge in [0.05, 0.1) is 0 Å². The molecule has 0 atom stereocenters. The third-order valence-corrected chi connectivity index (χ3v) is 0.954. The minimum atomic E-state index is -1.15. The Morgan fingerprint density at radius 3 is 2.27 bits per heavy atom. The Morgan fingerprint density at radius 1 is 1.36 bits per heavy atom. The predicted octanol–water partition coefficient (Wildman–Crippen LogP) is 0.506. The van der Waals surface area contributed by atoms with Gasteiger partial charge in [-0.15, -0.1) is 0 Å². The SMILES string of the molecule is C/C=C(\C)C(=O)OOC(N)=O. The van der Waals surface area contributed by atoms with Gasteiger partial charge in [0.15, 0.2) is 0 Å². The first-order valence-electron chi connectivity index (χ1n) is 2.89. The Bertz CT molecular complexity index is 197. The van der Waals surface area contributed by atoms with Crippen molar-refractivity contribution in [2.75, 3.05) is 0 Å². The summed E-state index contributed by atoms with van der Waals surface area (Å²) in [5.41, 5.74) is 4.86. The van der Waals surface area contributed by atoms with Crippen LogP contribution in [-0.2, 0) is 14.6 Å². The molecular formula is C6H9NO4. The normalized spacial score (nSPS) is 10.5. The molecule has 0 aliphatic carbocycles. The number of nitrogens with two attached hydrogens (primary N) is 1. The monoisotopic (exact) mass is 159 g/mol. The van der Waals surface area contributed by atoms with Crippen molar-refractivity contribution in [3.8, 4) is 0 Å². The van der Waals surface area contributed by atoms with E-state index in [9.17, 15) is 9.59 Å². The maximum absolute atomic E-state index is 10.7. The second kappa shape index (κ2) is 4.32. The van der Waals surface area contributed by atoms with Gasteiger partial charge in [-0.25, -0.2) is 19.4 Å². The van der Waals surface area contributed by atoms with Crippen molar-refractivity contribution >= 4 is 12.1 Å². The fourth-order valence-electron chi connectivity index (χ4n) is 0.262. The second-order valence-corrected chi connectivity index (χ2v) is 1.74. The van der Waals surface area contributed by atoms with E-state index >= 15 is 0 Å². The third kappa shape index (κ3) is 3.96. The average molecular weight is 159 g/mol. The molecule has 0 aliphatic heterocycles. The summed E-state index contributed by atoms with van der Waals surface area (Å²) in [4.78, 5) is 28.3. The molecule has 0 heterocycles. The maximum atomic E-state index is 10.7. The van der Waals surface area contributed by atoms with Crippen LogP contribution in [0.25, 0.3) is 0 Å². The Labute approximate surface area is 63.7 Å². The number of carbonyl (C=O) groups excluding carboxylic acids is 2. The number of hydrogen-bond donors (Lipinski definition) is 1. The number of rotatable bonds is 1. The van der Waals surface area contributed by atoms with Crippen LogP contribution in [-0.4, -0.2) is 12.1 Å². The van der Waals surface area contributed by atoms with Gasteiger partial charge < -0.3 is 5.73 Å². The van der Waals surface area contributed by atoms with E-state index in [1.165, 1.54) is 13.0 Å². The van der Waals surface area contributed by atoms with Gasteiger partial charge in [0, 0.05) is 5.57 Å². The summed E-state index contributed by atoms with van der Waals surface area (Å²) in [5, 5.41) is 0. The van der Waals surface area contributed by atoms with E-state index in [4.69, 9.17) is 0 Å². The highest BCUT2D eigenvalue weighted by atomic mass is 17.2. The van der Waals surface area contributed by atoms with Gasteiger partial charge in [0.2, 0.25) is 0 Å². The maximum Gasteiger partial charge on any atom is 0.447 e. The van der Waals surface area contributed by atoms with E-state index < -0.39 is 12.1 Å². The summed E-state index contributed by atoms with van der Waals surface area (Å²) in [7, 11) is 0. The van der Waals surface area contributed by atoms with Crippen LogP contribution in [0.15, 0.2) is 11.6 Å². The first kappa shape index (κ1) is 9.48. The van der Waals surface area contributed by atoms with Crippen LogP contribution in [0, 0.1) is 0 Å². The fourth-order valence-corrected chi connectivity index (χ4v) is 0.262. The second-order valence-electron chi connectivity index (χ2n) is 1.74. The summed E-state index contributed by atoms with van der Waals surface area (Å²) >= 11 is 0. The molecule has 1 amide bonds. The van der Waals surface area contributed by atoms with Crippen LogP contribution < -0.4 is 5.73 Å². The largest absolute Gasteiger partial charge is 0.447 e. The Balaban J connectivity index is 3.80. The van der Waals surface area contributed by atoms with Crippen molar-refractivity contribution in [1.29, 1.82) is 0 Å². The predicted molar refractivity (Wildman–Crippen MR) is 36.2 cm³/mol. The third-order valence-electron chi connectivity index (χ3n) is 0.954. The lowest BCUT2D eigenvalue weighted by Gasteiger charge is -1.98. The van der Waals surface area contributed by atoms with Crippen molar-refractivity contribution in [1.82, 2.24) is 0 Å². The quantitative estimate of drug-likeness (QED) is 0.343. The zero-order chi connectivity index (χ0) is 8.85. The molecule has 0 fully saturated rings. The van der Waals surface area contributed by atoms with Gasteiger partial charge in [0.1, 0.15) is 0 Å². The fraction of sp³-hybridized carbons (Fsp3) is 0.333. The van der Waals surface area contributed by atoms with Gasteiger partial charge in [-0.3, -0.25) is 0 Å². The van der Waals surface area contributed by atoms with Crippen molar-refractivity contribution in [2.45, 2.75) is 13.8 Å². The molecule has 0 aromatic heterocycles. The van der Waals surface area contributed by atoms with E-state index in [1.807, 2.05) is 0 Å². The van der Waals surface area contributed by atoms with E-state index in [0.717, 1.165) is 0 Å². The molecule has 0 spiro atoms. The minimum absolute atomic E-state index is 0.339. The van der Waals surface area contributed by atoms with Crippen LogP contribution in [0.1, 0.15) is 13.8 Å². The lowest BCUT2D eigenvalue weighted by Crippen LogP contribution is -2.17. The van der Waals surface area contributed by atoms with Gasteiger partial charge in [-0.05, 0) is 13.8 Å². The summed E-state index contributed by atoms with van der Waals surface area (Å²) < 4.78 is 0. The average Bonchev–Trinajstić information content (AvgIpc) is 1.98. The highest BCUT2D eigenvalue weighted by Gasteiger charge is 2.07. The first-order chi connectivity index (χ1) is 5.07. The molecule has 0 radical (unpaired) electrons. The lowest BCUT2D eigenvalue weighted by atomic mass is 10.3. The lowest BCUT2D eigenvalue weighted by molar-refractivity contribution is -0.225. The highest BCUT2D eigenvalue weighted by Crippen LogP contribution is 1.95. The van der Waals surface area contributed by atoms with Crippen molar-refractivity contribution < 1.29 is 19.4 Å². The van der Waals surface area contributed by atoms with Crippen LogP contribution in [0.2, 0.25) is 0 Å². The van der Waals surface area contributed by atoms with E-state index in [0.29, 0.717) is 5.57 Å². The molecule has 5 heteroatoms. The molecule has 0 saturated heterocycles. The van der Waals surface area contributed by atoms with E-state index in [-0.39, 0.29) is 0 Å². The van der Waals surface area contributed by atoms with Crippen LogP contribution in [0.3, 0.4) is 0 Å². The van der Waals surface area contributed by atoms with Gasteiger partial charge in [-0.1, -0.05) is 6.08 Å². The van der Waals surface area contributed by atoms with Crippen LogP contribution in [0.5, 0.6) is 0 Å². The molecule has 2 N–H and O–H groups in total. The summed E-state index contributed by atoms with van der Waals surface area (Å²) in [6.45, 7) is 3.17. The molecular weight excluding hydrogens is 150 g/mol. The molecule has 5 nitrogen and oxygen atoms in total. The van der Waals surface area contributed by atoms with E-state index in [1.54, 1.807) is 6.92 Å². The molecule has 0 unspecified atom stereocenters. The number of carbonyl (C=O) groups is 2. The zero-order valence-corrected chi connectivity index (χ0v) is 6.29. The molecule has 0 rings (SSSR count). The highest BCUT2D eigenvalue weighted by molar-refractivity contribution is 5.87. The Kier molecular flexibility index (Phi) is 3.72. The molecule has 0 saturated carbocycles. The number of allylic oxidation sites excluding steroid dienone is 1. The molecule has 0 aromatic rings. The smallest absolute Gasteiger partial charge is 0.332 e. The first-order valence-corrected chi connectivity index (χ1v) is 2.89. The topological polar surface area (TPSA) is 78.6 Å². The standard InChI is InChI=1S/C6H9NO4/c1-3-4(2)5(8)10-11-6(7)9/h3H,1-2H3,(H2,7,9)/b4-3+. The molecule has 11 heavy (non-hydrogen) atoms. The Morgan fingerprint density at radius 2 is 1.91 bits per heavy atom. The zero-order valence-electron chi connectivity index (χ0n) is 6.29. The van der Waals surface area contributed by atoms with Crippen molar-refractivity contribution in [3.05, 3.63) is 11.6 Å². The van der Waals surface area contributed by atoms with E-state index in [2.05, 4.69) is 15.5 Å². The molecule has 0 aliphatic rings. The Hall–Kier alpha value is -1.52. The van der Waals surface area contributed by atoms with Gasteiger partial charge in [0.25, 0.3) is 0 Å². The molecule has 0 aromatic carbocycles. The summed E-state index contributed by atoms with van der Waals surface area (Å²) in [6, 6.07) is 0. The molecule has 62 valence electrons. The van der Waals surface area contributed by atoms with Gasteiger partial charge in [-0.2, -0.15) is 0 Å². The minimum Gasteiger partial charge on any atom is -0.332 e. The van der Waals surface area contributed by atoms with Crippen LogP contribution in [0.4, 0.5) is 4.79 Å². The van der Waals surface area contributed by atoms with Crippen molar-refractivity contribution in [2.24, 2.45) is 5.73 Å². The number of primary amides is 1.